The highest BCUT2D eigenvalue weighted by molar-refractivity contribution is 9.10. The molecule has 8 heteroatoms. The van der Waals surface area contributed by atoms with E-state index in [2.05, 4.69) is 42.5 Å². The Morgan fingerprint density at radius 1 is 0.615 bits per heavy atom. The zero-order valence-electron chi connectivity index (χ0n) is 21.6. The number of halogens is 2. The van der Waals surface area contributed by atoms with Gasteiger partial charge in [0.2, 0.25) is 0 Å². The van der Waals surface area contributed by atoms with Crippen LogP contribution in [0.5, 0.6) is 11.5 Å². The van der Waals surface area contributed by atoms with Gasteiger partial charge in [0.15, 0.2) is 13.2 Å². The summed E-state index contributed by atoms with van der Waals surface area (Å²) in [4.78, 5) is 24.6. The molecule has 0 unspecified atom stereocenters. The molecular formula is C31H28Br2N2O4. The Labute approximate surface area is 245 Å². The summed E-state index contributed by atoms with van der Waals surface area (Å²) in [5.41, 5.74) is 5.70. The average molecular weight is 652 g/mol. The molecule has 0 aromatic heterocycles. The van der Waals surface area contributed by atoms with Gasteiger partial charge in [-0.1, -0.05) is 56.1 Å². The minimum atomic E-state index is -0.224. The van der Waals surface area contributed by atoms with Crippen LogP contribution in [0.2, 0.25) is 0 Å². The maximum atomic E-state index is 12.3. The summed E-state index contributed by atoms with van der Waals surface area (Å²) >= 11 is 6.90. The lowest BCUT2D eigenvalue weighted by Crippen LogP contribution is -2.20. The van der Waals surface area contributed by atoms with Gasteiger partial charge in [0.1, 0.15) is 11.5 Å². The lowest BCUT2D eigenvalue weighted by molar-refractivity contribution is -0.118. The Balaban J connectivity index is 1.21. The number of hydrogen-bond donors (Lipinski definition) is 2. The van der Waals surface area contributed by atoms with Crippen molar-refractivity contribution in [2.24, 2.45) is 0 Å². The fraction of sp³-hybridized carbons (Fsp3) is 0.161. The van der Waals surface area contributed by atoms with Gasteiger partial charge in [0, 0.05) is 20.3 Å². The van der Waals surface area contributed by atoms with Crippen LogP contribution in [-0.2, 0) is 16.0 Å². The third-order valence-corrected chi connectivity index (χ3v) is 7.66. The fourth-order valence-electron chi connectivity index (χ4n) is 3.75. The zero-order chi connectivity index (χ0) is 27.8. The maximum absolute atomic E-state index is 12.3. The first-order valence-electron chi connectivity index (χ1n) is 12.3. The van der Waals surface area contributed by atoms with E-state index in [0.29, 0.717) is 22.9 Å². The molecule has 2 amide bonds. The predicted octanol–water partition coefficient (Wildman–Crippen LogP) is 7.45. The summed E-state index contributed by atoms with van der Waals surface area (Å²) in [5, 5.41) is 5.71. The monoisotopic (exact) mass is 650 g/mol. The third kappa shape index (κ3) is 8.70. The SMILES string of the molecule is Cc1cc(OCC(=O)Nc2ccc(Cc3ccc(NC(=O)COc4ccc(Br)c(C)c4)cc3)cc2)ccc1Br. The van der Waals surface area contributed by atoms with E-state index in [0.717, 1.165) is 37.6 Å². The molecule has 0 radical (unpaired) electrons. The number of carbonyl (C=O) groups is 2. The Bertz CT molecular complexity index is 1340. The molecule has 4 aromatic carbocycles. The molecule has 2 N–H and O–H groups in total. The first kappa shape index (κ1) is 28.4. The predicted molar refractivity (Wildman–Crippen MR) is 162 cm³/mol. The molecule has 4 aromatic rings. The Morgan fingerprint density at radius 3 is 1.36 bits per heavy atom. The second kappa shape index (κ2) is 13.4. The van der Waals surface area contributed by atoms with Crippen molar-refractivity contribution >= 4 is 55.0 Å². The summed E-state index contributed by atoms with van der Waals surface area (Å²) in [6.07, 6.45) is 0.723. The van der Waals surface area contributed by atoms with Crippen molar-refractivity contribution in [3.63, 3.8) is 0 Å². The normalized spacial score (nSPS) is 10.6. The summed E-state index contributed by atoms with van der Waals surface area (Å²) < 4.78 is 13.2. The van der Waals surface area contributed by atoms with E-state index in [-0.39, 0.29) is 25.0 Å². The summed E-state index contributed by atoms with van der Waals surface area (Å²) in [5.74, 6) is 0.850. The molecule has 39 heavy (non-hydrogen) atoms. The number of anilines is 2. The van der Waals surface area contributed by atoms with Crippen molar-refractivity contribution in [2.75, 3.05) is 23.8 Å². The van der Waals surface area contributed by atoms with E-state index < -0.39 is 0 Å². The Morgan fingerprint density at radius 2 is 1.00 bits per heavy atom. The van der Waals surface area contributed by atoms with Crippen molar-refractivity contribution in [1.29, 1.82) is 0 Å². The number of rotatable bonds is 10. The van der Waals surface area contributed by atoms with Crippen LogP contribution in [0.15, 0.2) is 93.9 Å². The average Bonchev–Trinajstić information content (AvgIpc) is 2.92. The Kier molecular flexibility index (Phi) is 9.79. The van der Waals surface area contributed by atoms with E-state index in [1.807, 2.05) is 98.8 Å². The summed E-state index contributed by atoms with van der Waals surface area (Å²) in [6, 6.07) is 26.6. The second-order valence-electron chi connectivity index (χ2n) is 9.07. The standard InChI is InChI=1S/C31H28Br2N2O4/c1-20-15-26(11-13-28(20)32)38-18-30(36)34-24-7-3-22(4-8-24)17-23-5-9-25(10-6-23)35-31(37)19-39-27-12-14-29(33)21(2)16-27/h3-16H,17-19H2,1-2H3,(H,34,36)(H,35,37). The third-order valence-electron chi connectivity index (χ3n) is 5.88. The molecule has 6 nitrogen and oxygen atoms in total. The first-order valence-corrected chi connectivity index (χ1v) is 13.9. The lowest BCUT2D eigenvalue weighted by Gasteiger charge is -2.10. The molecule has 0 bridgehead atoms. The van der Waals surface area contributed by atoms with Gasteiger partial charge < -0.3 is 20.1 Å². The molecule has 0 aliphatic rings. The van der Waals surface area contributed by atoms with E-state index in [4.69, 9.17) is 9.47 Å². The summed E-state index contributed by atoms with van der Waals surface area (Å²) in [7, 11) is 0. The van der Waals surface area contributed by atoms with E-state index >= 15 is 0 Å². The molecule has 0 atom stereocenters. The molecule has 0 heterocycles. The second-order valence-corrected chi connectivity index (χ2v) is 10.8. The van der Waals surface area contributed by atoms with Crippen LogP contribution in [0, 0.1) is 13.8 Å². The van der Waals surface area contributed by atoms with Gasteiger partial charge in [-0.15, -0.1) is 0 Å². The molecular weight excluding hydrogens is 624 g/mol. The smallest absolute Gasteiger partial charge is 0.262 e. The zero-order valence-corrected chi connectivity index (χ0v) is 24.8. The maximum Gasteiger partial charge on any atom is 0.262 e. The number of ether oxygens (including phenoxy) is 2. The highest BCUT2D eigenvalue weighted by atomic mass is 79.9. The minimum absolute atomic E-state index is 0.0677. The Hall–Kier alpha value is -3.62. The van der Waals surface area contributed by atoms with Crippen molar-refractivity contribution in [1.82, 2.24) is 0 Å². The van der Waals surface area contributed by atoms with Crippen LogP contribution < -0.4 is 20.1 Å². The number of carbonyl (C=O) groups excluding carboxylic acids is 2. The van der Waals surface area contributed by atoms with Crippen LogP contribution in [-0.4, -0.2) is 25.0 Å². The summed E-state index contributed by atoms with van der Waals surface area (Å²) in [6.45, 7) is 3.80. The first-order chi connectivity index (χ1) is 18.7. The van der Waals surface area contributed by atoms with Crippen LogP contribution in [0.25, 0.3) is 0 Å². The van der Waals surface area contributed by atoms with Crippen molar-refractivity contribution < 1.29 is 19.1 Å². The fourth-order valence-corrected chi connectivity index (χ4v) is 4.25. The molecule has 0 aliphatic carbocycles. The van der Waals surface area contributed by atoms with Crippen molar-refractivity contribution in [3.05, 3.63) is 116 Å². The number of amides is 2. The van der Waals surface area contributed by atoms with Crippen LogP contribution in [0.1, 0.15) is 22.3 Å². The minimum Gasteiger partial charge on any atom is -0.484 e. The van der Waals surface area contributed by atoms with Gasteiger partial charge in [-0.05, 0) is 103 Å². The van der Waals surface area contributed by atoms with Crippen LogP contribution in [0.3, 0.4) is 0 Å². The number of aryl methyl sites for hydroxylation is 2. The molecule has 200 valence electrons. The molecule has 0 saturated heterocycles. The molecule has 0 spiro atoms. The number of nitrogens with one attached hydrogen (secondary N) is 2. The molecule has 0 saturated carbocycles. The van der Waals surface area contributed by atoms with Gasteiger partial charge in [-0.2, -0.15) is 0 Å². The van der Waals surface area contributed by atoms with Gasteiger partial charge >= 0.3 is 0 Å². The highest BCUT2D eigenvalue weighted by Crippen LogP contribution is 2.23. The molecule has 0 aliphatic heterocycles. The topological polar surface area (TPSA) is 76.7 Å². The quantitative estimate of drug-likeness (QED) is 0.187. The largest absolute Gasteiger partial charge is 0.484 e. The van der Waals surface area contributed by atoms with E-state index in [1.165, 1.54) is 0 Å². The highest BCUT2D eigenvalue weighted by Gasteiger charge is 2.07. The number of benzene rings is 4. The van der Waals surface area contributed by atoms with Gasteiger partial charge in [-0.3, -0.25) is 9.59 Å². The van der Waals surface area contributed by atoms with Crippen molar-refractivity contribution in [3.8, 4) is 11.5 Å². The van der Waals surface area contributed by atoms with Gasteiger partial charge in [-0.25, -0.2) is 0 Å². The van der Waals surface area contributed by atoms with Crippen LogP contribution in [0.4, 0.5) is 11.4 Å². The number of hydrogen-bond acceptors (Lipinski definition) is 4. The van der Waals surface area contributed by atoms with E-state index in [1.54, 1.807) is 0 Å². The lowest BCUT2D eigenvalue weighted by atomic mass is 10.0. The molecule has 0 fully saturated rings. The van der Waals surface area contributed by atoms with Gasteiger partial charge in [0.05, 0.1) is 0 Å². The molecule has 4 rings (SSSR count). The van der Waals surface area contributed by atoms with Gasteiger partial charge in [0.25, 0.3) is 11.8 Å². The van der Waals surface area contributed by atoms with Crippen LogP contribution >= 0.6 is 31.9 Å². The van der Waals surface area contributed by atoms with Crippen molar-refractivity contribution in [2.45, 2.75) is 20.3 Å². The van der Waals surface area contributed by atoms with E-state index in [9.17, 15) is 9.59 Å².